The lowest BCUT2D eigenvalue weighted by Gasteiger charge is -2.09. The molecule has 0 fully saturated rings. The molecule has 0 bridgehead atoms. The third kappa shape index (κ3) is 3.31. The molecule has 2 heterocycles. The SMILES string of the molecule is O=CCC[n+]1cc(-c2cccc(C(F)(F)F)c2)c(=O)n2ccccc21. The summed E-state index contributed by atoms with van der Waals surface area (Å²) in [4.78, 5) is 23.4. The van der Waals surface area contributed by atoms with E-state index in [2.05, 4.69) is 0 Å². The smallest absolute Gasteiger partial charge is 0.303 e. The summed E-state index contributed by atoms with van der Waals surface area (Å²) >= 11 is 0. The Morgan fingerprint density at radius 3 is 2.64 bits per heavy atom. The van der Waals surface area contributed by atoms with Gasteiger partial charge in [0.1, 0.15) is 18.0 Å². The average molecular weight is 347 g/mol. The van der Waals surface area contributed by atoms with Crippen molar-refractivity contribution < 1.29 is 22.5 Å². The molecule has 1 aromatic carbocycles. The Morgan fingerprint density at radius 1 is 1.12 bits per heavy atom. The molecule has 0 N–H and O–H groups in total. The minimum Gasteiger partial charge on any atom is -0.303 e. The minimum atomic E-state index is -4.49. The van der Waals surface area contributed by atoms with E-state index in [0.717, 1.165) is 18.4 Å². The number of pyridine rings is 1. The van der Waals surface area contributed by atoms with Gasteiger partial charge in [-0.3, -0.25) is 0 Å². The average Bonchev–Trinajstić information content (AvgIpc) is 2.61. The monoisotopic (exact) mass is 347 g/mol. The third-order valence-corrected chi connectivity index (χ3v) is 3.86. The van der Waals surface area contributed by atoms with Crippen LogP contribution in [0, 0.1) is 0 Å². The fourth-order valence-electron chi connectivity index (χ4n) is 2.68. The summed E-state index contributed by atoms with van der Waals surface area (Å²) in [5, 5.41) is 0. The highest BCUT2D eigenvalue weighted by Gasteiger charge is 2.31. The van der Waals surface area contributed by atoms with Crippen LogP contribution in [0.4, 0.5) is 13.2 Å². The van der Waals surface area contributed by atoms with E-state index in [1.54, 1.807) is 29.0 Å². The van der Waals surface area contributed by atoms with Crippen molar-refractivity contribution in [2.45, 2.75) is 19.1 Å². The van der Waals surface area contributed by atoms with Crippen molar-refractivity contribution >= 4 is 11.9 Å². The number of carbonyl (C=O) groups is 1. The molecular formula is C18H14F3N2O2+. The molecule has 4 nitrogen and oxygen atoms in total. The minimum absolute atomic E-state index is 0.140. The van der Waals surface area contributed by atoms with Crippen molar-refractivity contribution in [1.82, 2.24) is 4.40 Å². The molecule has 0 atom stereocenters. The van der Waals surface area contributed by atoms with Gasteiger partial charge in [0.15, 0.2) is 0 Å². The first-order chi connectivity index (χ1) is 11.9. The normalized spacial score (nSPS) is 11.6. The Morgan fingerprint density at radius 2 is 1.92 bits per heavy atom. The van der Waals surface area contributed by atoms with Crippen molar-refractivity contribution in [3.05, 3.63) is 70.8 Å². The van der Waals surface area contributed by atoms with Gasteiger partial charge in [-0.05, 0) is 23.8 Å². The molecule has 0 amide bonds. The van der Waals surface area contributed by atoms with E-state index in [4.69, 9.17) is 0 Å². The highest BCUT2D eigenvalue weighted by atomic mass is 19.4. The molecule has 128 valence electrons. The number of aldehydes is 1. The number of aryl methyl sites for hydroxylation is 1. The standard InChI is InChI=1S/C18H14F3N2O2/c19-18(20,21)14-6-3-5-13(11-14)15-12-22(8-4-10-24)16-7-1-2-9-23(16)17(15)25/h1-3,5-7,9-12H,4,8H2/q+1. The van der Waals surface area contributed by atoms with Crippen LogP contribution in [0.3, 0.4) is 0 Å². The van der Waals surface area contributed by atoms with Crippen LogP contribution >= 0.6 is 0 Å². The molecule has 0 saturated heterocycles. The maximum absolute atomic E-state index is 13.0. The first-order valence-corrected chi connectivity index (χ1v) is 7.57. The van der Waals surface area contributed by atoms with Gasteiger partial charge < -0.3 is 4.79 Å². The Hall–Kier alpha value is -2.96. The van der Waals surface area contributed by atoms with E-state index < -0.39 is 17.3 Å². The van der Waals surface area contributed by atoms with Crippen LogP contribution in [-0.2, 0) is 17.5 Å². The second kappa shape index (κ2) is 6.51. The predicted octanol–water partition coefficient (Wildman–Crippen LogP) is 2.86. The number of carbonyl (C=O) groups excluding carboxylic acids is 1. The van der Waals surface area contributed by atoms with Gasteiger partial charge >= 0.3 is 11.7 Å². The third-order valence-electron chi connectivity index (χ3n) is 3.86. The number of alkyl halides is 3. The maximum atomic E-state index is 13.0. The Kier molecular flexibility index (Phi) is 4.39. The number of rotatable bonds is 4. The van der Waals surface area contributed by atoms with Crippen molar-refractivity contribution in [3.63, 3.8) is 0 Å². The summed E-state index contributed by atoms with van der Waals surface area (Å²) in [5.41, 5.74) is -0.358. The van der Waals surface area contributed by atoms with Crippen LogP contribution in [0.1, 0.15) is 12.0 Å². The van der Waals surface area contributed by atoms with E-state index in [9.17, 15) is 22.8 Å². The molecule has 0 aliphatic carbocycles. The highest BCUT2D eigenvalue weighted by Crippen LogP contribution is 2.31. The molecule has 7 heteroatoms. The molecule has 0 spiro atoms. The predicted molar refractivity (Wildman–Crippen MR) is 85.0 cm³/mol. The summed E-state index contributed by atoms with van der Waals surface area (Å²) < 4.78 is 41.9. The van der Waals surface area contributed by atoms with Crippen LogP contribution in [0.15, 0.2) is 59.7 Å². The first-order valence-electron chi connectivity index (χ1n) is 7.57. The van der Waals surface area contributed by atoms with Crippen molar-refractivity contribution in [1.29, 1.82) is 0 Å². The quantitative estimate of drug-likeness (QED) is 0.538. The van der Waals surface area contributed by atoms with Crippen LogP contribution < -0.4 is 10.1 Å². The summed E-state index contributed by atoms with van der Waals surface area (Å²) in [7, 11) is 0. The molecule has 0 aliphatic heterocycles. The van der Waals surface area contributed by atoms with E-state index in [1.165, 1.54) is 22.7 Å². The summed E-state index contributed by atoms with van der Waals surface area (Å²) in [6, 6.07) is 9.77. The molecule has 0 saturated carbocycles. The Balaban J connectivity index is 2.25. The van der Waals surface area contributed by atoms with Gasteiger partial charge in [-0.2, -0.15) is 17.6 Å². The fourth-order valence-corrected chi connectivity index (χ4v) is 2.68. The molecule has 2 aromatic heterocycles. The van der Waals surface area contributed by atoms with E-state index in [0.29, 0.717) is 12.2 Å². The largest absolute Gasteiger partial charge is 0.416 e. The molecule has 3 rings (SSSR count). The lowest BCUT2D eigenvalue weighted by Crippen LogP contribution is -2.40. The van der Waals surface area contributed by atoms with E-state index in [1.807, 2.05) is 0 Å². The maximum Gasteiger partial charge on any atom is 0.416 e. The van der Waals surface area contributed by atoms with Crippen LogP contribution in [0.5, 0.6) is 0 Å². The zero-order valence-corrected chi connectivity index (χ0v) is 13.0. The molecule has 0 aliphatic rings. The topological polar surface area (TPSA) is 42.4 Å². The van der Waals surface area contributed by atoms with Gasteiger partial charge in [0, 0.05) is 12.5 Å². The summed E-state index contributed by atoms with van der Waals surface area (Å²) in [5.74, 6) is 0. The zero-order chi connectivity index (χ0) is 18.0. The molecular weight excluding hydrogens is 333 g/mol. The number of nitrogens with zero attached hydrogens (tertiary/aromatic N) is 2. The summed E-state index contributed by atoms with van der Waals surface area (Å²) in [6.07, 6.45) is -0.462. The van der Waals surface area contributed by atoms with Crippen molar-refractivity contribution in [2.75, 3.05) is 0 Å². The summed E-state index contributed by atoms with van der Waals surface area (Å²) in [6.45, 7) is 0.323. The number of hydrogen-bond acceptors (Lipinski definition) is 2. The highest BCUT2D eigenvalue weighted by molar-refractivity contribution is 5.62. The lowest BCUT2D eigenvalue weighted by atomic mass is 10.1. The van der Waals surface area contributed by atoms with Gasteiger partial charge in [-0.1, -0.05) is 18.2 Å². The molecule has 3 aromatic rings. The van der Waals surface area contributed by atoms with Crippen LogP contribution in [0.25, 0.3) is 16.8 Å². The number of fused-ring (bicyclic) bond motifs is 1. The number of aromatic nitrogens is 2. The van der Waals surface area contributed by atoms with Gasteiger partial charge in [0.25, 0.3) is 5.65 Å². The van der Waals surface area contributed by atoms with E-state index in [-0.39, 0.29) is 17.5 Å². The lowest BCUT2D eigenvalue weighted by molar-refractivity contribution is -0.673. The van der Waals surface area contributed by atoms with Gasteiger partial charge in [-0.15, -0.1) is 0 Å². The molecule has 0 unspecified atom stereocenters. The first kappa shape index (κ1) is 16.9. The fraction of sp³-hybridized carbons (Fsp3) is 0.167. The molecule has 0 radical (unpaired) electrons. The number of hydrogen-bond donors (Lipinski definition) is 0. The molecule has 25 heavy (non-hydrogen) atoms. The van der Waals surface area contributed by atoms with Crippen LogP contribution in [0.2, 0.25) is 0 Å². The van der Waals surface area contributed by atoms with Gasteiger partial charge in [0.05, 0.1) is 18.3 Å². The Bertz CT molecular complexity index is 994. The zero-order valence-electron chi connectivity index (χ0n) is 13.0. The number of benzene rings is 1. The van der Waals surface area contributed by atoms with Gasteiger partial charge in [0.2, 0.25) is 0 Å². The van der Waals surface area contributed by atoms with Crippen molar-refractivity contribution in [2.24, 2.45) is 0 Å². The van der Waals surface area contributed by atoms with Crippen molar-refractivity contribution in [3.8, 4) is 11.1 Å². The second-order valence-corrected chi connectivity index (χ2v) is 5.50. The Labute approximate surface area is 140 Å². The van der Waals surface area contributed by atoms with E-state index >= 15 is 0 Å². The van der Waals surface area contributed by atoms with Crippen LogP contribution in [-0.4, -0.2) is 10.7 Å². The van der Waals surface area contributed by atoms with Gasteiger partial charge in [-0.25, -0.2) is 9.36 Å². The number of halogens is 3. The second-order valence-electron chi connectivity index (χ2n) is 5.50.